The van der Waals surface area contributed by atoms with Gasteiger partial charge < -0.3 is 16.4 Å². The molecule has 3 saturated carbocycles. The second-order valence-electron chi connectivity index (χ2n) is 9.88. The van der Waals surface area contributed by atoms with E-state index in [2.05, 4.69) is 57.5 Å². The molecule has 5 rings (SSSR count). The molecule has 3 aliphatic carbocycles. The smallest absolute Gasteiger partial charge is 0.280 e. The maximum atomic E-state index is 12.9. The van der Waals surface area contributed by atoms with Crippen molar-refractivity contribution in [1.82, 2.24) is 15.5 Å². The number of hydrogen-bond acceptors (Lipinski definition) is 5. The molecule has 2 aromatic rings. The molecule has 176 valence electrons. The number of aromatic nitrogens is 2. The van der Waals surface area contributed by atoms with Gasteiger partial charge in [-0.1, -0.05) is 51.1 Å². The Balaban J connectivity index is 1.53. The van der Waals surface area contributed by atoms with Crippen LogP contribution in [0.5, 0.6) is 0 Å². The van der Waals surface area contributed by atoms with Crippen LogP contribution in [0.25, 0.3) is 0 Å². The van der Waals surface area contributed by atoms with E-state index in [-0.39, 0.29) is 18.0 Å². The number of primary amides is 1. The SMILES string of the molecule is C[C@@H]1[C@H]2C[C@@H](C[C@H]1Nc1c(CC(=O)NC(C(N)=O)c3ccccc3)n[nH]c(=O)c1Br)C2(C)C. The van der Waals surface area contributed by atoms with E-state index >= 15 is 0 Å². The van der Waals surface area contributed by atoms with Gasteiger partial charge in [0.15, 0.2) is 0 Å². The topological polar surface area (TPSA) is 130 Å². The van der Waals surface area contributed by atoms with Crippen LogP contribution in [0, 0.1) is 23.2 Å². The molecule has 2 amide bonds. The monoisotopic (exact) mass is 515 g/mol. The zero-order chi connectivity index (χ0) is 23.9. The molecular formula is C24H30BrN5O3. The lowest BCUT2D eigenvalue weighted by atomic mass is 9.45. The summed E-state index contributed by atoms with van der Waals surface area (Å²) in [5.74, 6) is 0.615. The zero-order valence-corrected chi connectivity index (χ0v) is 20.6. The number of nitrogens with one attached hydrogen (secondary N) is 3. The maximum absolute atomic E-state index is 12.9. The summed E-state index contributed by atoms with van der Waals surface area (Å²) in [5.41, 5.74) is 7.03. The molecule has 5 atom stereocenters. The summed E-state index contributed by atoms with van der Waals surface area (Å²) in [6.45, 7) is 6.92. The third kappa shape index (κ3) is 4.43. The number of hydrogen-bond donors (Lipinski definition) is 4. The normalized spacial score (nSPS) is 26.1. The van der Waals surface area contributed by atoms with Gasteiger partial charge in [-0.3, -0.25) is 14.4 Å². The van der Waals surface area contributed by atoms with Crippen LogP contribution in [0.15, 0.2) is 39.6 Å². The molecule has 1 aromatic heterocycles. The van der Waals surface area contributed by atoms with Gasteiger partial charge in [0.05, 0.1) is 17.8 Å². The van der Waals surface area contributed by atoms with Crippen LogP contribution in [0.1, 0.15) is 50.9 Å². The van der Waals surface area contributed by atoms with Gasteiger partial charge in [-0.05, 0) is 57.5 Å². The Kier molecular flexibility index (Phi) is 6.35. The van der Waals surface area contributed by atoms with Gasteiger partial charge in [-0.2, -0.15) is 5.10 Å². The number of fused-ring (bicyclic) bond motifs is 2. The highest BCUT2D eigenvalue weighted by Gasteiger charge is 2.56. The van der Waals surface area contributed by atoms with Gasteiger partial charge in [0, 0.05) is 6.04 Å². The largest absolute Gasteiger partial charge is 0.379 e. The molecule has 9 heteroatoms. The van der Waals surface area contributed by atoms with E-state index in [4.69, 9.17) is 5.73 Å². The highest BCUT2D eigenvalue weighted by Crippen LogP contribution is 2.61. The number of amides is 2. The number of aromatic amines is 1. The van der Waals surface area contributed by atoms with Crippen LogP contribution >= 0.6 is 15.9 Å². The van der Waals surface area contributed by atoms with Crippen molar-refractivity contribution in [3.63, 3.8) is 0 Å². The molecule has 0 spiro atoms. The number of benzene rings is 1. The summed E-state index contributed by atoms with van der Waals surface area (Å²) in [6.07, 6.45) is 2.13. The van der Waals surface area contributed by atoms with E-state index in [1.165, 1.54) is 6.42 Å². The molecule has 3 aliphatic rings. The number of nitrogens with two attached hydrogens (primary N) is 1. The second-order valence-corrected chi connectivity index (χ2v) is 10.7. The third-order valence-corrected chi connectivity index (χ3v) is 8.49. The van der Waals surface area contributed by atoms with E-state index in [0.29, 0.717) is 44.6 Å². The van der Waals surface area contributed by atoms with Gasteiger partial charge >= 0.3 is 0 Å². The van der Waals surface area contributed by atoms with Crippen LogP contribution in [-0.4, -0.2) is 28.1 Å². The molecule has 8 nitrogen and oxygen atoms in total. The number of halogens is 1. The Morgan fingerprint density at radius 1 is 1.27 bits per heavy atom. The van der Waals surface area contributed by atoms with Crippen LogP contribution in [0.3, 0.4) is 0 Å². The van der Waals surface area contributed by atoms with Crippen LogP contribution < -0.4 is 21.9 Å². The summed E-state index contributed by atoms with van der Waals surface area (Å²) in [6, 6.07) is 8.07. The van der Waals surface area contributed by atoms with Gasteiger partial charge in [-0.15, -0.1) is 0 Å². The summed E-state index contributed by atoms with van der Waals surface area (Å²) in [5, 5.41) is 12.8. The van der Waals surface area contributed by atoms with Gasteiger partial charge in [0.1, 0.15) is 10.5 Å². The molecule has 0 radical (unpaired) electrons. The van der Waals surface area contributed by atoms with Crippen molar-refractivity contribution in [3.05, 3.63) is 56.4 Å². The fourth-order valence-electron chi connectivity index (χ4n) is 5.59. The van der Waals surface area contributed by atoms with Gasteiger partial charge in [0.2, 0.25) is 11.8 Å². The average molecular weight is 516 g/mol. The lowest BCUT2D eigenvalue weighted by Gasteiger charge is -2.62. The number of H-pyrrole nitrogens is 1. The van der Waals surface area contributed by atoms with E-state index in [9.17, 15) is 14.4 Å². The van der Waals surface area contributed by atoms with Crippen LogP contribution in [-0.2, 0) is 16.0 Å². The molecule has 1 heterocycles. The molecule has 5 N–H and O–H groups in total. The van der Waals surface area contributed by atoms with E-state index in [1.54, 1.807) is 24.3 Å². The average Bonchev–Trinajstić information content (AvgIpc) is 2.78. The van der Waals surface area contributed by atoms with Crippen molar-refractivity contribution in [2.45, 2.75) is 52.1 Å². The second kappa shape index (κ2) is 8.93. The first kappa shape index (κ1) is 23.5. The lowest BCUT2D eigenvalue weighted by Crippen LogP contribution is -2.58. The highest BCUT2D eigenvalue weighted by molar-refractivity contribution is 9.10. The molecule has 33 heavy (non-hydrogen) atoms. The number of carbonyl (C=O) groups excluding carboxylic acids is 2. The van der Waals surface area contributed by atoms with Crippen molar-refractivity contribution >= 4 is 33.4 Å². The Hall–Kier alpha value is -2.68. The number of anilines is 1. The molecule has 1 unspecified atom stereocenters. The number of rotatable bonds is 7. The van der Waals surface area contributed by atoms with E-state index in [0.717, 1.165) is 6.42 Å². The zero-order valence-electron chi connectivity index (χ0n) is 19.0. The van der Waals surface area contributed by atoms with Crippen LogP contribution in [0.4, 0.5) is 5.69 Å². The summed E-state index contributed by atoms with van der Waals surface area (Å²) in [4.78, 5) is 37.1. The molecular weight excluding hydrogens is 486 g/mol. The van der Waals surface area contributed by atoms with Crippen molar-refractivity contribution in [1.29, 1.82) is 0 Å². The third-order valence-electron chi connectivity index (χ3n) is 7.73. The van der Waals surface area contributed by atoms with Crippen molar-refractivity contribution in [2.24, 2.45) is 28.9 Å². The Bertz CT molecular complexity index is 1120. The van der Waals surface area contributed by atoms with Gasteiger partial charge in [0.25, 0.3) is 5.56 Å². The first-order valence-electron chi connectivity index (χ1n) is 11.3. The molecule has 1 aromatic carbocycles. The van der Waals surface area contributed by atoms with Crippen molar-refractivity contribution < 1.29 is 9.59 Å². The van der Waals surface area contributed by atoms with E-state index in [1.807, 2.05) is 6.07 Å². The minimum absolute atomic E-state index is 0.117. The highest BCUT2D eigenvalue weighted by atomic mass is 79.9. The Labute approximate surface area is 201 Å². The van der Waals surface area contributed by atoms with Gasteiger partial charge in [-0.25, -0.2) is 5.10 Å². The number of nitrogens with zero attached hydrogens (tertiary/aromatic N) is 1. The fourth-order valence-corrected chi connectivity index (χ4v) is 6.02. The predicted octanol–water partition coefficient (Wildman–Crippen LogP) is 2.90. The van der Waals surface area contributed by atoms with Crippen molar-refractivity contribution in [2.75, 3.05) is 5.32 Å². The number of carbonyl (C=O) groups is 2. The molecule has 0 aliphatic heterocycles. The first-order chi connectivity index (χ1) is 15.6. The predicted molar refractivity (Wildman–Crippen MR) is 129 cm³/mol. The Morgan fingerprint density at radius 3 is 2.58 bits per heavy atom. The minimum Gasteiger partial charge on any atom is -0.379 e. The van der Waals surface area contributed by atoms with E-state index < -0.39 is 17.9 Å². The van der Waals surface area contributed by atoms with Crippen molar-refractivity contribution in [3.8, 4) is 0 Å². The minimum atomic E-state index is -0.950. The molecule has 2 bridgehead atoms. The molecule has 0 saturated heterocycles. The maximum Gasteiger partial charge on any atom is 0.280 e. The first-order valence-corrected chi connectivity index (χ1v) is 12.1. The summed E-state index contributed by atoms with van der Waals surface area (Å²) < 4.78 is 0.320. The lowest BCUT2D eigenvalue weighted by molar-refractivity contribution is -0.127. The quantitative estimate of drug-likeness (QED) is 0.450. The fraction of sp³-hybridized carbons (Fsp3) is 0.500. The Morgan fingerprint density at radius 2 is 1.97 bits per heavy atom. The summed E-state index contributed by atoms with van der Waals surface area (Å²) in [7, 11) is 0. The van der Waals surface area contributed by atoms with Crippen LogP contribution in [0.2, 0.25) is 0 Å². The molecule has 3 fully saturated rings. The standard InChI is InChI=1S/C24H30BrN5O3/c1-12-15-9-14(24(15,2)3)10-16(12)27-21-17(29-30-23(33)19(21)25)11-18(31)28-20(22(26)32)13-7-5-4-6-8-13/h4-8,12,14-16,20H,9-11H2,1-3H3,(H2,26,32)(H,28,31)(H2,27,30,33)/t12-,14+,15-,16-,20?/m1/s1. The summed E-state index contributed by atoms with van der Waals surface area (Å²) >= 11 is 3.38.